The fourth-order valence-electron chi connectivity index (χ4n) is 8.36. The molecule has 56 heavy (non-hydrogen) atoms. The molecule has 11 atom stereocenters. The summed E-state index contributed by atoms with van der Waals surface area (Å²) in [5, 5.41) is 34.7. The highest BCUT2D eigenvalue weighted by molar-refractivity contribution is 5.96. The van der Waals surface area contributed by atoms with E-state index in [9.17, 15) is 39.3 Å². The lowest BCUT2D eigenvalue weighted by atomic mass is 9.70. The van der Waals surface area contributed by atoms with Crippen LogP contribution in [-0.4, -0.2) is 112 Å². The summed E-state index contributed by atoms with van der Waals surface area (Å²) < 4.78 is 41.2. The van der Waals surface area contributed by atoms with Gasteiger partial charge < -0.3 is 48.5 Å². The van der Waals surface area contributed by atoms with Crippen molar-refractivity contribution in [3.05, 3.63) is 23.8 Å². The number of Topliss-reactive ketones (excluding diaryl/α,β-unsaturated/α-hetero) is 1. The van der Waals surface area contributed by atoms with Crippen LogP contribution in [0.5, 0.6) is 0 Å². The molecule has 4 fully saturated rings. The first-order chi connectivity index (χ1) is 25.9. The maximum atomic E-state index is 14.4. The van der Waals surface area contributed by atoms with Crippen molar-refractivity contribution in [2.24, 2.45) is 22.2 Å². The van der Waals surface area contributed by atoms with Crippen molar-refractivity contribution in [2.45, 2.75) is 174 Å². The van der Waals surface area contributed by atoms with Crippen molar-refractivity contribution in [1.82, 2.24) is 0 Å². The Kier molecular flexibility index (Phi) is 12.7. The number of ketones is 1. The smallest absolute Gasteiger partial charge is 0.330 e. The van der Waals surface area contributed by atoms with Gasteiger partial charge in [0.1, 0.15) is 12.2 Å². The summed E-state index contributed by atoms with van der Waals surface area (Å²) in [6, 6.07) is 0. The van der Waals surface area contributed by atoms with Gasteiger partial charge in [-0.15, -0.1) is 0 Å². The number of fused-ring (bicyclic) bond motifs is 5. The van der Waals surface area contributed by atoms with Gasteiger partial charge in [0.2, 0.25) is 5.78 Å². The Morgan fingerprint density at radius 3 is 2.23 bits per heavy atom. The SMILES string of the molecule is COC(=O)/C=C1/C[C@H]2C[C@]3(O)O[C@H](C[C@@H](O)CC(=O)O[C@H](C)[C@H](O)C[C@@H]4C[C@H]5CC(=O)OC5(O4)C(=O)C(C)(C)/C=C/[C@@H](C1)O2)C[C@H](OC(=O)C(C)(C)C)C3(C)C. The van der Waals surface area contributed by atoms with E-state index in [2.05, 4.69) is 0 Å². The Balaban J connectivity index is 1.53. The maximum Gasteiger partial charge on any atom is 0.330 e. The Morgan fingerprint density at radius 1 is 0.893 bits per heavy atom. The van der Waals surface area contributed by atoms with Crippen molar-refractivity contribution < 1.29 is 72.5 Å². The van der Waals surface area contributed by atoms with Crippen molar-refractivity contribution in [3.8, 4) is 0 Å². The molecule has 314 valence electrons. The van der Waals surface area contributed by atoms with E-state index in [4.69, 9.17) is 33.2 Å². The molecule has 3 N–H and O–H groups in total. The number of aliphatic hydroxyl groups is 3. The third-order valence-electron chi connectivity index (χ3n) is 11.9. The van der Waals surface area contributed by atoms with Gasteiger partial charge in [0.25, 0.3) is 5.79 Å². The van der Waals surface area contributed by atoms with Crippen LogP contribution >= 0.6 is 0 Å². The van der Waals surface area contributed by atoms with E-state index in [0.717, 1.165) is 0 Å². The van der Waals surface area contributed by atoms with Gasteiger partial charge in [-0.2, -0.15) is 0 Å². The molecule has 0 aromatic heterocycles. The van der Waals surface area contributed by atoms with Gasteiger partial charge in [0.05, 0.1) is 67.4 Å². The molecule has 5 heterocycles. The third-order valence-corrected chi connectivity index (χ3v) is 11.9. The van der Waals surface area contributed by atoms with E-state index in [-0.39, 0.29) is 51.4 Å². The number of hydrogen-bond donors (Lipinski definition) is 3. The van der Waals surface area contributed by atoms with Crippen LogP contribution in [0.25, 0.3) is 0 Å². The molecule has 4 saturated heterocycles. The zero-order valence-corrected chi connectivity index (χ0v) is 34.0. The third kappa shape index (κ3) is 9.39. The number of methoxy groups -OCH3 is 1. The molecule has 0 aromatic carbocycles. The van der Waals surface area contributed by atoms with Crippen molar-refractivity contribution in [3.63, 3.8) is 0 Å². The predicted octanol–water partition coefficient (Wildman–Crippen LogP) is 3.52. The number of hydrogen-bond acceptors (Lipinski definition) is 15. The van der Waals surface area contributed by atoms with Crippen LogP contribution in [0.15, 0.2) is 23.8 Å². The lowest BCUT2D eigenvalue weighted by Crippen LogP contribution is -2.62. The van der Waals surface area contributed by atoms with E-state index in [1.807, 2.05) is 0 Å². The number of cyclic esters (lactones) is 1. The second-order valence-electron chi connectivity index (χ2n) is 18.4. The summed E-state index contributed by atoms with van der Waals surface area (Å²) in [4.78, 5) is 65.6. The lowest BCUT2D eigenvalue weighted by molar-refractivity contribution is -0.349. The van der Waals surface area contributed by atoms with Crippen LogP contribution < -0.4 is 0 Å². The number of aliphatic hydroxyl groups excluding tert-OH is 2. The summed E-state index contributed by atoms with van der Waals surface area (Å²) in [5.41, 5.74) is -2.71. The van der Waals surface area contributed by atoms with Gasteiger partial charge in [-0.3, -0.25) is 19.2 Å². The van der Waals surface area contributed by atoms with Crippen LogP contribution in [0.3, 0.4) is 0 Å². The average molecular weight is 793 g/mol. The monoisotopic (exact) mass is 792 g/mol. The Labute approximate surface area is 328 Å². The highest BCUT2D eigenvalue weighted by Gasteiger charge is 2.64. The quantitative estimate of drug-likeness (QED) is 0.158. The molecule has 5 aliphatic heterocycles. The standard InChI is InChI=1S/C41H60O15/c1-22-30(43)19-27-15-24-16-34(46)56-41(24,55-27)35(47)38(5,6)11-10-26-12-23(14-32(44)50-9)13-29(52-26)21-40(49)39(7,8)31(53-36(48)37(2,3)4)20-28(54-40)17-25(42)18-33(45)51-22/h10-11,14,22,24-31,42-43,49H,12-13,15-21H2,1-9H3/b11-10+,23-14+/t22-,24+,25-,26+,27+,28-,29+,30-,31+,40+,41?/m1/s1. The van der Waals surface area contributed by atoms with E-state index in [1.54, 1.807) is 60.6 Å². The van der Waals surface area contributed by atoms with E-state index in [1.165, 1.54) is 20.1 Å². The number of allylic oxidation sites excluding steroid dienone is 1. The summed E-state index contributed by atoms with van der Waals surface area (Å²) in [6.45, 7) is 13.4. The van der Waals surface area contributed by atoms with Crippen LogP contribution in [-0.2, 0) is 57.1 Å². The molecule has 6 bridgehead atoms. The molecule has 15 nitrogen and oxygen atoms in total. The summed E-state index contributed by atoms with van der Waals surface area (Å²) in [7, 11) is 1.26. The number of carbonyl (C=O) groups excluding carboxylic acids is 5. The Morgan fingerprint density at radius 2 is 1.57 bits per heavy atom. The zero-order valence-electron chi connectivity index (χ0n) is 34.0. The summed E-state index contributed by atoms with van der Waals surface area (Å²) in [6.07, 6.45) is -2.77. The minimum Gasteiger partial charge on any atom is -0.466 e. The Hall–Kier alpha value is -3.21. The molecule has 15 heteroatoms. The summed E-state index contributed by atoms with van der Waals surface area (Å²) in [5.74, 6) is -7.48. The van der Waals surface area contributed by atoms with Gasteiger partial charge in [-0.25, -0.2) is 4.79 Å². The van der Waals surface area contributed by atoms with Crippen LogP contribution in [0, 0.1) is 22.2 Å². The number of carbonyl (C=O) groups is 5. The van der Waals surface area contributed by atoms with Crippen molar-refractivity contribution in [1.29, 1.82) is 0 Å². The second kappa shape index (κ2) is 16.2. The van der Waals surface area contributed by atoms with Gasteiger partial charge >= 0.3 is 23.9 Å². The highest BCUT2D eigenvalue weighted by Crippen LogP contribution is 2.51. The molecule has 0 radical (unpaired) electrons. The highest BCUT2D eigenvalue weighted by atomic mass is 16.7. The predicted molar refractivity (Wildman–Crippen MR) is 196 cm³/mol. The van der Waals surface area contributed by atoms with Gasteiger partial charge in [-0.1, -0.05) is 31.6 Å². The number of rotatable bonds is 2. The largest absolute Gasteiger partial charge is 0.466 e. The first-order valence-corrected chi connectivity index (χ1v) is 19.6. The molecular weight excluding hydrogens is 732 g/mol. The topological polar surface area (TPSA) is 211 Å². The minimum atomic E-state index is -2.02. The van der Waals surface area contributed by atoms with Crippen molar-refractivity contribution >= 4 is 29.7 Å². The number of esters is 4. The maximum absolute atomic E-state index is 14.4. The molecule has 0 saturated carbocycles. The normalized spacial score (nSPS) is 40.6. The van der Waals surface area contributed by atoms with E-state index >= 15 is 0 Å². The van der Waals surface area contributed by atoms with Crippen LogP contribution in [0.4, 0.5) is 0 Å². The minimum absolute atomic E-state index is 0.0259. The zero-order chi connectivity index (χ0) is 41.6. The number of ether oxygens (including phenoxy) is 7. The first-order valence-electron chi connectivity index (χ1n) is 19.6. The van der Waals surface area contributed by atoms with Crippen LogP contribution in [0.1, 0.15) is 113 Å². The molecule has 5 rings (SSSR count). The molecule has 5 aliphatic rings. The van der Waals surface area contributed by atoms with Gasteiger partial charge in [-0.05, 0) is 60.8 Å². The van der Waals surface area contributed by atoms with E-state index in [0.29, 0.717) is 5.57 Å². The Bertz CT molecular complexity index is 1590. The average Bonchev–Trinajstić information content (AvgIpc) is 3.56. The first kappa shape index (κ1) is 43.9. The molecule has 1 spiro atoms. The van der Waals surface area contributed by atoms with E-state index < -0.39 is 119 Å². The summed E-state index contributed by atoms with van der Waals surface area (Å²) >= 11 is 0. The van der Waals surface area contributed by atoms with Gasteiger partial charge in [0.15, 0.2) is 5.79 Å². The lowest BCUT2D eigenvalue weighted by Gasteiger charge is -2.54. The molecular formula is C41H60O15. The molecule has 0 aliphatic carbocycles. The molecule has 1 unspecified atom stereocenters. The fourth-order valence-corrected chi connectivity index (χ4v) is 8.36. The molecule has 0 aromatic rings. The van der Waals surface area contributed by atoms with Crippen molar-refractivity contribution in [2.75, 3.05) is 7.11 Å². The van der Waals surface area contributed by atoms with Gasteiger partial charge in [0, 0.05) is 43.1 Å². The molecule has 0 amide bonds. The fraction of sp³-hybridized carbons (Fsp3) is 0.780. The van der Waals surface area contributed by atoms with Crippen LogP contribution in [0.2, 0.25) is 0 Å². The second-order valence-corrected chi connectivity index (χ2v) is 18.4.